The first-order valence-electron chi connectivity index (χ1n) is 11.6. The number of benzene rings is 2. The van der Waals surface area contributed by atoms with Crippen LogP contribution in [0.2, 0.25) is 0 Å². The third kappa shape index (κ3) is 7.96. The Morgan fingerprint density at radius 3 is 2.51 bits per heavy atom. The monoisotopic (exact) mass is 483 g/mol. The van der Waals surface area contributed by atoms with Gasteiger partial charge in [-0.25, -0.2) is 19.8 Å². The Labute approximate surface area is 204 Å². The van der Waals surface area contributed by atoms with Crippen molar-refractivity contribution in [3.8, 4) is 0 Å². The second-order valence-electron chi connectivity index (χ2n) is 9.48. The smallest absolute Gasteiger partial charge is 0.407 e. The molecule has 0 radical (unpaired) electrons. The molecule has 35 heavy (non-hydrogen) atoms. The molecule has 0 bridgehead atoms. The predicted molar refractivity (Wildman–Crippen MR) is 133 cm³/mol. The van der Waals surface area contributed by atoms with Gasteiger partial charge in [0, 0.05) is 19.6 Å². The van der Waals surface area contributed by atoms with Crippen molar-refractivity contribution < 1.29 is 24.2 Å². The van der Waals surface area contributed by atoms with Crippen LogP contribution in [0.1, 0.15) is 39.2 Å². The first-order chi connectivity index (χ1) is 16.6. The molecule has 188 valence electrons. The lowest BCUT2D eigenvalue weighted by Crippen LogP contribution is -2.54. The number of nitrogens with zero attached hydrogens (tertiary/aromatic N) is 2. The number of fused-ring (bicyclic) bond motifs is 1. The van der Waals surface area contributed by atoms with E-state index in [0.29, 0.717) is 32.5 Å². The zero-order chi connectivity index (χ0) is 25.4. The molecule has 1 heterocycles. The maximum absolute atomic E-state index is 12.5. The van der Waals surface area contributed by atoms with E-state index < -0.39 is 29.9 Å². The van der Waals surface area contributed by atoms with Gasteiger partial charge in [0.2, 0.25) is 0 Å². The highest BCUT2D eigenvalue weighted by Crippen LogP contribution is 2.22. The van der Waals surface area contributed by atoms with Crippen LogP contribution in [0.3, 0.4) is 0 Å². The maximum atomic E-state index is 12.5. The van der Waals surface area contributed by atoms with Crippen LogP contribution < -0.4 is 16.1 Å². The van der Waals surface area contributed by atoms with Gasteiger partial charge in [0.25, 0.3) is 0 Å². The lowest BCUT2D eigenvalue weighted by molar-refractivity contribution is -0.145. The molecule has 0 saturated carbocycles. The van der Waals surface area contributed by atoms with Crippen molar-refractivity contribution in [2.75, 3.05) is 13.1 Å². The quantitative estimate of drug-likeness (QED) is 0.207. The normalized spacial score (nSPS) is 15.7. The summed E-state index contributed by atoms with van der Waals surface area (Å²) < 4.78 is 5.12. The molecule has 0 aliphatic carbocycles. The number of likely N-dealkylation sites (tertiary alicyclic amines) is 1. The molecule has 2 aromatic carbocycles. The Morgan fingerprint density at radius 2 is 1.83 bits per heavy atom. The van der Waals surface area contributed by atoms with E-state index in [0.717, 1.165) is 22.6 Å². The highest BCUT2D eigenvalue weighted by Gasteiger charge is 2.29. The summed E-state index contributed by atoms with van der Waals surface area (Å²) in [7, 11) is 0. The van der Waals surface area contributed by atoms with Gasteiger partial charge >= 0.3 is 18.1 Å². The second kappa shape index (κ2) is 11.7. The number of hydrazone groups is 1. The van der Waals surface area contributed by atoms with Crippen LogP contribution in [0, 0.1) is 5.92 Å². The van der Waals surface area contributed by atoms with Crippen molar-refractivity contribution in [3.63, 3.8) is 0 Å². The number of ether oxygens (including phenoxy) is 1. The molecule has 1 aliphatic heterocycles. The van der Waals surface area contributed by atoms with Crippen LogP contribution in [0.15, 0.2) is 47.6 Å². The molecule has 1 fully saturated rings. The summed E-state index contributed by atoms with van der Waals surface area (Å²) in [6, 6.07) is 13.6. The fraction of sp³-hybridized carbons (Fsp3) is 0.440. The molecule has 4 N–H and O–H groups in total. The minimum Gasteiger partial charge on any atom is -0.465 e. The van der Waals surface area contributed by atoms with Gasteiger partial charge in [0.15, 0.2) is 0 Å². The summed E-state index contributed by atoms with van der Waals surface area (Å²) in [6.07, 6.45) is 0.740. The highest BCUT2D eigenvalue weighted by atomic mass is 16.6. The number of rotatable bonds is 7. The topological polar surface area (TPSA) is 132 Å². The molecule has 3 amide bonds. The number of carbonyl (C=O) groups is 3. The van der Waals surface area contributed by atoms with Gasteiger partial charge in [-0.3, -0.25) is 5.32 Å². The van der Waals surface area contributed by atoms with Crippen LogP contribution in [-0.2, 0) is 16.1 Å². The number of piperidine rings is 1. The van der Waals surface area contributed by atoms with E-state index in [1.165, 1.54) is 4.90 Å². The van der Waals surface area contributed by atoms with Crippen molar-refractivity contribution in [3.05, 3.63) is 48.0 Å². The predicted octanol–water partition coefficient (Wildman–Crippen LogP) is 3.27. The number of amides is 3. The Bertz CT molecular complexity index is 1070. The van der Waals surface area contributed by atoms with E-state index in [9.17, 15) is 19.5 Å². The van der Waals surface area contributed by atoms with Gasteiger partial charge < -0.3 is 20.1 Å². The van der Waals surface area contributed by atoms with Gasteiger partial charge in [-0.05, 0) is 55.9 Å². The van der Waals surface area contributed by atoms with Gasteiger partial charge in [0.1, 0.15) is 11.8 Å². The Balaban J connectivity index is 1.65. The average molecular weight is 484 g/mol. The lowest BCUT2D eigenvalue weighted by atomic mass is 9.93. The number of carbonyl (C=O) groups excluding carboxylic acids is 2. The Kier molecular flexibility index (Phi) is 8.64. The van der Waals surface area contributed by atoms with Crippen LogP contribution in [-0.4, -0.2) is 59.2 Å². The summed E-state index contributed by atoms with van der Waals surface area (Å²) in [5.74, 6) is -0.648. The van der Waals surface area contributed by atoms with E-state index >= 15 is 0 Å². The highest BCUT2D eigenvalue weighted by molar-refractivity contribution is 6.23. The van der Waals surface area contributed by atoms with Crippen LogP contribution in [0.5, 0.6) is 0 Å². The fourth-order valence-electron chi connectivity index (χ4n) is 4.07. The van der Waals surface area contributed by atoms with E-state index in [1.807, 2.05) is 36.4 Å². The molecule has 2 aromatic rings. The number of hydrogen-bond donors (Lipinski definition) is 4. The Hall–Kier alpha value is -3.66. The molecule has 0 aromatic heterocycles. The molecule has 1 atom stereocenters. The van der Waals surface area contributed by atoms with Gasteiger partial charge in [-0.2, -0.15) is 5.10 Å². The summed E-state index contributed by atoms with van der Waals surface area (Å²) in [6.45, 7) is 6.51. The second-order valence-corrected chi connectivity index (χ2v) is 9.48. The third-order valence-corrected chi connectivity index (χ3v) is 5.70. The van der Waals surface area contributed by atoms with Crippen molar-refractivity contribution in [1.29, 1.82) is 0 Å². The maximum Gasteiger partial charge on any atom is 0.407 e. The van der Waals surface area contributed by atoms with Crippen molar-refractivity contribution in [2.45, 2.75) is 51.9 Å². The van der Waals surface area contributed by atoms with Crippen molar-refractivity contribution in [1.82, 2.24) is 21.0 Å². The lowest BCUT2D eigenvalue weighted by Gasteiger charge is -2.35. The van der Waals surface area contributed by atoms with Crippen LogP contribution in [0.25, 0.3) is 10.8 Å². The molecule has 10 nitrogen and oxygen atoms in total. The van der Waals surface area contributed by atoms with Gasteiger partial charge in [-0.1, -0.05) is 42.5 Å². The zero-order valence-corrected chi connectivity index (χ0v) is 20.3. The van der Waals surface area contributed by atoms with E-state index in [4.69, 9.17) is 4.74 Å². The first-order valence-corrected chi connectivity index (χ1v) is 11.6. The summed E-state index contributed by atoms with van der Waals surface area (Å²) >= 11 is 0. The van der Waals surface area contributed by atoms with E-state index in [-0.39, 0.29) is 5.92 Å². The molecule has 10 heteroatoms. The molecule has 1 unspecified atom stereocenters. The number of nitrogens with one attached hydrogen (secondary N) is 3. The number of urea groups is 1. The molecule has 1 saturated heterocycles. The standard InChI is InChI=1S/C25H33N5O5/c1-25(2,3)35-21(31)16-27-29-23(32)28-22(18-11-13-30(14-12-18)24(33)34)26-15-19-9-6-8-17-7-4-5-10-20(17)19/h4-10,16,18,22,26H,11-15H2,1-3H3,(H,33,34)(H2,28,29,32)/b27-16+. The zero-order valence-electron chi connectivity index (χ0n) is 20.3. The van der Waals surface area contributed by atoms with Crippen LogP contribution in [0.4, 0.5) is 9.59 Å². The van der Waals surface area contributed by atoms with Crippen molar-refractivity contribution >= 4 is 35.1 Å². The molecule has 3 rings (SSSR count). The van der Waals surface area contributed by atoms with Gasteiger partial charge in [0.05, 0.1) is 6.17 Å². The average Bonchev–Trinajstić information content (AvgIpc) is 2.80. The Morgan fingerprint density at radius 1 is 1.14 bits per heavy atom. The van der Waals surface area contributed by atoms with Gasteiger partial charge in [-0.15, -0.1) is 0 Å². The number of hydrogen-bond acceptors (Lipinski definition) is 6. The summed E-state index contributed by atoms with van der Waals surface area (Å²) in [4.78, 5) is 36.9. The SMILES string of the molecule is CC(C)(C)OC(=O)/C=N/NC(=O)NC(NCc1cccc2ccccc12)C1CCN(C(=O)O)CC1. The molecule has 0 spiro atoms. The fourth-order valence-corrected chi connectivity index (χ4v) is 4.07. The molecular formula is C25H33N5O5. The first kappa shape index (κ1) is 26.0. The summed E-state index contributed by atoms with van der Waals surface area (Å²) in [5, 5.41) is 21.5. The van der Waals surface area contributed by atoms with Crippen molar-refractivity contribution in [2.24, 2.45) is 11.0 Å². The third-order valence-electron chi connectivity index (χ3n) is 5.70. The number of esters is 1. The molecule has 1 aliphatic rings. The largest absolute Gasteiger partial charge is 0.465 e. The van der Waals surface area contributed by atoms with Crippen LogP contribution >= 0.6 is 0 Å². The molecular weight excluding hydrogens is 450 g/mol. The minimum atomic E-state index is -0.939. The number of carboxylic acid groups (broad SMARTS) is 1. The van der Waals surface area contributed by atoms with E-state index in [1.54, 1.807) is 20.8 Å². The minimum absolute atomic E-state index is 0.0150. The van der Waals surface area contributed by atoms with E-state index in [2.05, 4.69) is 27.2 Å². The summed E-state index contributed by atoms with van der Waals surface area (Å²) in [5.41, 5.74) is 2.72.